The van der Waals surface area contributed by atoms with E-state index in [1.165, 1.54) is 0 Å². The Balaban J connectivity index is 2.52. The summed E-state index contributed by atoms with van der Waals surface area (Å²) < 4.78 is 15.7. The Morgan fingerprint density at radius 1 is 1.00 bits per heavy atom. The van der Waals surface area contributed by atoms with Crippen molar-refractivity contribution in [1.29, 1.82) is 0 Å². The Morgan fingerprint density at radius 2 is 1.73 bits per heavy atom. The van der Waals surface area contributed by atoms with Gasteiger partial charge in [0.1, 0.15) is 5.75 Å². The van der Waals surface area contributed by atoms with Crippen molar-refractivity contribution in [3.05, 3.63) is 65.2 Å². The highest BCUT2D eigenvalue weighted by molar-refractivity contribution is 6.24. The lowest BCUT2D eigenvalue weighted by molar-refractivity contribution is -0.136. The van der Waals surface area contributed by atoms with Gasteiger partial charge in [0, 0.05) is 7.11 Å². The Kier molecular flexibility index (Phi) is 7.42. The number of allylic oxidation sites excluding steroid dienone is 1. The van der Waals surface area contributed by atoms with Crippen LogP contribution in [0, 0.1) is 6.92 Å². The standard InChI is InChI=1S/C22H26O4/c1-5-20(18-9-7-8-16(3)14-18)21(22(23)25-6-2)17-10-12-19(13-11-17)26-15-24-4/h7-14H,5-6,15H2,1-4H3/b21-20+. The van der Waals surface area contributed by atoms with Gasteiger partial charge in [-0.15, -0.1) is 0 Å². The van der Waals surface area contributed by atoms with Gasteiger partial charge in [0.2, 0.25) is 0 Å². The molecule has 2 aromatic carbocycles. The first kappa shape index (κ1) is 19.7. The SMILES string of the molecule is CCOC(=O)/C(=C(\CC)c1cccc(C)c1)c1ccc(OCOC)cc1. The zero-order valence-electron chi connectivity index (χ0n) is 15.9. The van der Waals surface area contributed by atoms with E-state index in [2.05, 4.69) is 6.07 Å². The summed E-state index contributed by atoms with van der Waals surface area (Å²) in [5.41, 5.74) is 4.57. The monoisotopic (exact) mass is 354 g/mol. The van der Waals surface area contributed by atoms with Crippen LogP contribution >= 0.6 is 0 Å². The summed E-state index contributed by atoms with van der Waals surface area (Å²) in [5, 5.41) is 0. The van der Waals surface area contributed by atoms with E-state index in [0.29, 0.717) is 17.9 Å². The minimum Gasteiger partial charge on any atom is -0.468 e. The maximum absolute atomic E-state index is 12.7. The summed E-state index contributed by atoms with van der Waals surface area (Å²) in [6.45, 7) is 6.43. The van der Waals surface area contributed by atoms with Crippen LogP contribution in [0.1, 0.15) is 37.0 Å². The normalized spacial score (nSPS) is 11.7. The van der Waals surface area contributed by atoms with E-state index in [9.17, 15) is 4.79 Å². The summed E-state index contributed by atoms with van der Waals surface area (Å²) in [4.78, 5) is 12.7. The van der Waals surface area contributed by atoms with Gasteiger partial charge >= 0.3 is 5.97 Å². The molecule has 0 aliphatic heterocycles. The van der Waals surface area contributed by atoms with Gasteiger partial charge in [-0.05, 0) is 49.1 Å². The molecule has 0 aliphatic carbocycles. The van der Waals surface area contributed by atoms with Crippen LogP contribution in [-0.4, -0.2) is 26.5 Å². The zero-order chi connectivity index (χ0) is 18.9. The van der Waals surface area contributed by atoms with Gasteiger partial charge in [-0.25, -0.2) is 4.79 Å². The van der Waals surface area contributed by atoms with Crippen LogP contribution < -0.4 is 4.74 Å². The lowest BCUT2D eigenvalue weighted by Gasteiger charge is -2.15. The number of carbonyl (C=O) groups is 1. The summed E-state index contributed by atoms with van der Waals surface area (Å²) in [6.07, 6.45) is 0.722. The number of carbonyl (C=O) groups excluding carboxylic acids is 1. The Morgan fingerprint density at radius 3 is 2.31 bits per heavy atom. The van der Waals surface area contributed by atoms with Crippen molar-refractivity contribution in [1.82, 2.24) is 0 Å². The Labute approximate surface area is 155 Å². The number of methoxy groups -OCH3 is 1. The van der Waals surface area contributed by atoms with E-state index in [1.54, 1.807) is 7.11 Å². The predicted molar refractivity (Wildman–Crippen MR) is 104 cm³/mol. The van der Waals surface area contributed by atoms with Gasteiger partial charge in [-0.1, -0.05) is 48.9 Å². The summed E-state index contributed by atoms with van der Waals surface area (Å²) >= 11 is 0. The second-order valence-electron chi connectivity index (χ2n) is 5.87. The fourth-order valence-electron chi connectivity index (χ4n) is 2.82. The second-order valence-corrected chi connectivity index (χ2v) is 5.87. The lowest BCUT2D eigenvalue weighted by Crippen LogP contribution is -2.09. The molecule has 0 bridgehead atoms. The molecule has 26 heavy (non-hydrogen) atoms. The summed E-state index contributed by atoms with van der Waals surface area (Å²) in [6, 6.07) is 15.6. The molecule has 4 nitrogen and oxygen atoms in total. The van der Waals surface area contributed by atoms with Gasteiger partial charge < -0.3 is 14.2 Å². The Hall–Kier alpha value is -2.59. The highest BCUT2D eigenvalue weighted by atomic mass is 16.7. The van der Waals surface area contributed by atoms with Gasteiger partial charge in [0.15, 0.2) is 6.79 Å². The third kappa shape index (κ3) is 4.96. The van der Waals surface area contributed by atoms with E-state index in [4.69, 9.17) is 14.2 Å². The average Bonchev–Trinajstić information content (AvgIpc) is 2.65. The molecule has 0 aromatic heterocycles. The van der Waals surface area contributed by atoms with E-state index in [1.807, 2.05) is 63.2 Å². The van der Waals surface area contributed by atoms with Gasteiger partial charge in [-0.3, -0.25) is 0 Å². The smallest absolute Gasteiger partial charge is 0.339 e. The van der Waals surface area contributed by atoms with Crippen LogP contribution in [-0.2, 0) is 14.3 Å². The Bertz CT molecular complexity index is 760. The molecular formula is C22H26O4. The number of esters is 1. The maximum atomic E-state index is 12.7. The molecule has 2 rings (SSSR count). The second kappa shape index (κ2) is 9.78. The molecule has 0 atom stereocenters. The first-order valence-corrected chi connectivity index (χ1v) is 8.80. The molecule has 2 aromatic rings. The molecule has 0 spiro atoms. The molecule has 0 unspecified atom stereocenters. The summed E-state index contributed by atoms with van der Waals surface area (Å²) in [5.74, 6) is 0.379. The molecule has 0 saturated heterocycles. The van der Waals surface area contributed by atoms with Crippen LogP contribution in [0.2, 0.25) is 0 Å². The van der Waals surface area contributed by atoms with Gasteiger partial charge in [-0.2, -0.15) is 0 Å². The van der Waals surface area contributed by atoms with Crippen LogP contribution in [0.5, 0.6) is 5.75 Å². The van der Waals surface area contributed by atoms with Gasteiger partial charge in [0.25, 0.3) is 0 Å². The highest BCUT2D eigenvalue weighted by Crippen LogP contribution is 2.31. The molecule has 4 heteroatoms. The van der Waals surface area contributed by atoms with Gasteiger partial charge in [0.05, 0.1) is 12.2 Å². The van der Waals surface area contributed by atoms with Crippen LogP contribution in [0.15, 0.2) is 48.5 Å². The average molecular weight is 354 g/mol. The number of rotatable bonds is 8. The minimum absolute atomic E-state index is 0.184. The van der Waals surface area contributed by atoms with Crippen molar-refractivity contribution in [3.63, 3.8) is 0 Å². The maximum Gasteiger partial charge on any atom is 0.339 e. The minimum atomic E-state index is -0.309. The van der Waals surface area contributed by atoms with Crippen molar-refractivity contribution in [2.45, 2.75) is 27.2 Å². The third-order valence-electron chi connectivity index (χ3n) is 3.99. The molecule has 0 saturated carbocycles. The first-order chi connectivity index (χ1) is 12.6. The van der Waals surface area contributed by atoms with E-state index in [-0.39, 0.29) is 12.8 Å². The number of benzene rings is 2. The van der Waals surface area contributed by atoms with Crippen molar-refractivity contribution in [2.75, 3.05) is 20.5 Å². The fraction of sp³-hybridized carbons (Fsp3) is 0.318. The molecule has 0 fully saturated rings. The summed E-state index contributed by atoms with van der Waals surface area (Å²) in [7, 11) is 1.57. The largest absolute Gasteiger partial charge is 0.468 e. The fourth-order valence-corrected chi connectivity index (χ4v) is 2.82. The predicted octanol–water partition coefficient (Wildman–Crippen LogP) is 4.86. The molecule has 0 N–H and O–H groups in total. The molecular weight excluding hydrogens is 328 g/mol. The topological polar surface area (TPSA) is 44.8 Å². The van der Waals surface area contributed by atoms with Crippen molar-refractivity contribution >= 4 is 17.1 Å². The van der Waals surface area contributed by atoms with Crippen molar-refractivity contribution in [2.24, 2.45) is 0 Å². The zero-order valence-corrected chi connectivity index (χ0v) is 15.9. The molecule has 0 amide bonds. The van der Waals surface area contributed by atoms with Crippen molar-refractivity contribution < 1.29 is 19.0 Å². The number of aryl methyl sites for hydroxylation is 1. The molecule has 0 radical (unpaired) electrons. The van der Waals surface area contributed by atoms with E-state index >= 15 is 0 Å². The highest BCUT2D eigenvalue weighted by Gasteiger charge is 2.19. The van der Waals surface area contributed by atoms with Crippen LogP contribution in [0.25, 0.3) is 11.1 Å². The first-order valence-electron chi connectivity index (χ1n) is 8.80. The lowest BCUT2D eigenvalue weighted by atomic mass is 9.92. The number of hydrogen-bond donors (Lipinski definition) is 0. The molecule has 138 valence electrons. The molecule has 0 aliphatic rings. The third-order valence-corrected chi connectivity index (χ3v) is 3.99. The van der Waals surface area contributed by atoms with E-state index in [0.717, 1.165) is 28.7 Å². The van der Waals surface area contributed by atoms with Crippen LogP contribution in [0.3, 0.4) is 0 Å². The number of hydrogen-bond acceptors (Lipinski definition) is 4. The van der Waals surface area contributed by atoms with Crippen molar-refractivity contribution in [3.8, 4) is 5.75 Å². The number of ether oxygens (including phenoxy) is 3. The van der Waals surface area contributed by atoms with Crippen LogP contribution in [0.4, 0.5) is 0 Å². The molecule has 0 heterocycles. The van der Waals surface area contributed by atoms with E-state index < -0.39 is 0 Å². The quantitative estimate of drug-likeness (QED) is 0.294.